The second-order valence-electron chi connectivity index (χ2n) is 4.87. The van der Waals surface area contributed by atoms with Gasteiger partial charge in [0.1, 0.15) is 4.90 Å². The van der Waals surface area contributed by atoms with Crippen LogP contribution in [0.2, 0.25) is 0 Å². The Morgan fingerprint density at radius 1 is 1.00 bits per heavy atom. The summed E-state index contributed by atoms with van der Waals surface area (Å²) in [5.74, 6) is 0.372. The fourth-order valence-electron chi connectivity index (χ4n) is 2.12. The molecule has 0 unspecified atom stereocenters. The molecule has 2 N–H and O–H groups in total. The Labute approximate surface area is 124 Å². The molecule has 0 spiro atoms. The minimum atomic E-state index is -3.70. The van der Waals surface area contributed by atoms with E-state index in [-0.39, 0.29) is 4.90 Å². The van der Waals surface area contributed by atoms with Crippen LogP contribution in [0.5, 0.6) is 0 Å². The molecule has 2 rings (SSSR count). The predicted molar refractivity (Wildman–Crippen MR) is 83.0 cm³/mol. The fraction of sp³-hybridized carbons (Fsp3) is 0.286. The lowest BCUT2D eigenvalue weighted by atomic mass is 10.1. The smallest absolute Gasteiger partial charge is 0.264 e. The molecule has 1 aromatic heterocycles. The molecule has 21 heavy (non-hydrogen) atoms. The van der Waals surface area contributed by atoms with Gasteiger partial charge >= 0.3 is 0 Å². The van der Waals surface area contributed by atoms with Crippen LogP contribution < -0.4 is 10.0 Å². The van der Waals surface area contributed by atoms with Crippen LogP contribution in [0, 0.1) is 20.8 Å². The highest BCUT2D eigenvalue weighted by Crippen LogP contribution is 2.24. The van der Waals surface area contributed by atoms with Gasteiger partial charge in [-0.2, -0.15) is 0 Å². The Kier molecular flexibility index (Phi) is 4.13. The van der Waals surface area contributed by atoms with E-state index in [2.05, 4.69) is 20.0 Å². The first kappa shape index (κ1) is 15.2. The molecule has 7 heteroatoms. The van der Waals surface area contributed by atoms with E-state index in [1.807, 2.05) is 32.9 Å². The van der Waals surface area contributed by atoms with Gasteiger partial charge in [-0.3, -0.25) is 4.72 Å². The van der Waals surface area contributed by atoms with Gasteiger partial charge in [0.15, 0.2) is 0 Å². The molecule has 0 saturated carbocycles. The molecule has 0 atom stereocenters. The Morgan fingerprint density at radius 2 is 1.52 bits per heavy atom. The highest BCUT2D eigenvalue weighted by molar-refractivity contribution is 7.92. The van der Waals surface area contributed by atoms with Crippen molar-refractivity contribution in [2.75, 3.05) is 17.1 Å². The summed E-state index contributed by atoms with van der Waals surface area (Å²) in [7, 11) is -2.03. The number of benzene rings is 1. The molecular formula is C14H18N4O2S. The number of hydrogen-bond acceptors (Lipinski definition) is 5. The van der Waals surface area contributed by atoms with Crippen molar-refractivity contribution in [1.82, 2.24) is 9.97 Å². The van der Waals surface area contributed by atoms with E-state index in [4.69, 9.17) is 0 Å². The van der Waals surface area contributed by atoms with E-state index in [9.17, 15) is 8.42 Å². The van der Waals surface area contributed by atoms with E-state index in [0.29, 0.717) is 11.6 Å². The number of aromatic nitrogens is 2. The highest BCUT2D eigenvalue weighted by Gasteiger charge is 2.17. The molecule has 0 aliphatic rings. The first-order chi connectivity index (χ1) is 9.83. The number of nitrogens with one attached hydrogen (secondary N) is 2. The summed E-state index contributed by atoms with van der Waals surface area (Å²) in [5, 5.41) is 2.74. The van der Waals surface area contributed by atoms with Gasteiger partial charge in [-0.15, -0.1) is 0 Å². The van der Waals surface area contributed by atoms with Gasteiger partial charge in [0.05, 0.1) is 18.1 Å². The van der Waals surface area contributed by atoms with Gasteiger partial charge in [-0.1, -0.05) is 17.7 Å². The minimum Gasteiger partial charge on any atom is -0.357 e. The maximum atomic E-state index is 12.4. The molecule has 0 saturated heterocycles. The first-order valence-corrected chi connectivity index (χ1v) is 7.92. The third-order valence-corrected chi connectivity index (χ3v) is 4.38. The van der Waals surface area contributed by atoms with Crippen molar-refractivity contribution in [3.63, 3.8) is 0 Å². The van der Waals surface area contributed by atoms with Crippen LogP contribution in [-0.2, 0) is 10.0 Å². The summed E-state index contributed by atoms with van der Waals surface area (Å²) in [6, 6.07) is 3.87. The SMILES string of the molecule is CNc1ncc(S(=O)(=O)Nc2c(C)cc(C)cc2C)cn1. The highest BCUT2D eigenvalue weighted by atomic mass is 32.2. The number of rotatable bonds is 4. The van der Waals surface area contributed by atoms with E-state index >= 15 is 0 Å². The van der Waals surface area contributed by atoms with Crippen LogP contribution >= 0.6 is 0 Å². The van der Waals surface area contributed by atoms with Crippen molar-refractivity contribution in [2.45, 2.75) is 25.7 Å². The molecule has 0 amide bonds. The van der Waals surface area contributed by atoms with E-state index in [1.165, 1.54) is 12.4 Å². The van der Waals surface area contributed by atoms with Crippen LogP contribution in [0.3, 0.4) is 0 Å². The number of sulfonamides is 1. The van der Waals surface area contributed by atoms with Gasteiger partial charge < -0.3 is 5.32 Å². The second-order valence-corrected chi connectivity index (χ2v) is 6.55. The van der Waals surface area contributed by atoms with Crippen molar-refractivity contribution < 1.29 is 8.42 Å². The lowest BCUT2D eigenvalue weighted by molar-refractivity contribution is 0.600. The predicted octanol–water partition coefficient (Wildman–Crippen LogP) is 2.24. The molecule has 0 fully saturated rings. The molecule has 0 radical (unpaired) electrons. The summed E-state index contributed by atoms with van der Waals surface area (Å²) in [6.45, 7) is 5.72. The van der Waals surface area contributed by atoms with Gasteiger partial charge in [-0.25, -0.2) is 18.4 Å². The maximum absolute atomic E-state index is 12.4. The zero-order valence-corrected chi connectivity index (χ0v) is 13.2. The zero-order valence-electron chi connectivity index (χ0n) is 12.4. The van der Waals surface area contributed by atoms with E-state index < -0.39 is 10.0 Å². The van der Waals surface area contributed by atoms with Crippen LogP contribution in [-0.4, -0.2) is 25.4 Å². The Hall–Kier alpha value is -2.15. The average Bonchev–Trinajstić information content (AvgIpc) is 2.43. The first-order valence-electron chi connectivity index (χ1n) is 6.44. The maximum Gasteiger partial charge on any atom is 0.264 e. The summed E-state index contributed by atoms with van der Waals surface area (Å²) in [6.07, 6.45) is 2.56. The third-order valence-electron chi connectivity index (χ3n) is 3.08. The average molecular weight is 306 g/mol. The number of hydrogen-bond donors (Lipinski definition) is 2. The molecular weight excluding hydrogens is 288 g/mol. The Bertz CT molecular complexity index is 732. The Morgan fingerprint density at radius 3 is 2.00 bits per heavy atom. The Balaban J connectivity index is 2.37. The standard InChI is InChI=1S/C14H18N4O2S/c1-9-5-10(2)13(11(3)6-9)18-21(19,20)12-7-16-14(15-4)17-8-12/h5-8,18H,1-4H3,(H,15,16,17). The topological polar surface area (TPSA) is 84.0 Å². The zero-order chi connectivity index (χ0) is 15.6. The van der Waals surface area contributed by atoms with Crippen molar-refractivity contribution in [1.29, 1.82) is 0 Å². The van der Waals surface area contributed by atoms with Crippen LogP contribution in [0.1, 0.15) is 16.7 Å². The van der Waals surface area contributed by atoms with Crippen molar-refractivity contribution in [2.24, 2.45) is 0 Å². The van der Waals surface area contributed by atoms with Gasteiger partial charge in [-0.05, 0) is 31.9 Å². The summed E-state index contributed by atoms with van der Waals surface area (Å²) < 4.78 is 27.4. The second kappa shape index (κ2) is 5.69. The number of anilines is 2. The molecule has 6 nitrogen and oxygen atoms in total. The van der Waals surface area contributed by atoms with Gasteiger partial charge in [0, 0.05) is 7.05 Å². The van der Waals surface area contributed by atoms with Crippen molar-refractivity contribution in [3.8, 4) is 0 Å². The molecule has 2 aromatic rings. The van der Waals surface area contributed by atoms with Gasteiger partial charge in [0.25, 0.3) is 10.0 Å². The van der Waals surface area contributed by atoms with E-state index in [1.54, 1.807) is 7.05 Å². The van der Waals surface area contributed by atoms with Crippen molar-refractivity contribution in [3.05, 3.63) is 41.2 Å². The summed E-state index contributed by atoms with van der Waals surface area (Å²) >= 11 is 0. The summed E-state index contributed by atoms with van der Waals surface area (Å²) in [5.41, 5.74) is 3.45. The van der Waals surface area contributed by atoms with Gasteiger partial charge in [0.2, 0.25) is 5.95 Å². The van der Waals surface area contributed by atoms with E-state index in [0.717, 1.165) is 16.7 Å². The van der Waals surface area contributed by atoms with Crippen LogP contribution in [0.15, 0.2) is 29.4 Å². The lowest BCUT2D eigenvalue weighted by Gasteiger charge is -2.14. The van der Waals surface area contributed by atoms with Crippen LogP contribution in [0.25, 0.3) is 0 Å². The minimum absolute atomic E-state index is 0.0286. The molecule has 1 aromatic carbocycles. The third kappa shape index (κ3) is 3.30. The molecule has 112 valence electrons. The van der Waals surface area contributed by atoms with Crippen LogP contribution in [0.4, 0.5) is 11.6 Å². The lowest BCUT2D eigenvalue weighted by Crippen LogP contribution is -2.15. The quantitative estimate of drug-likeness (QED) is 0.905. The molecule has 0 aliphatic heterocycles. The van der Waals surface area contributed by atoms with Crippen molar-refractivity contribution >= 4 is 21.7 Å². The largest absolute Gasteiger partial charge is 0.357 e. The normalized spacial score (nSPS) is 11.2. The number of aryl methyl sites for hydroxylation is 3. The molecule has 0 bridgehead atoms. The number of nitrogens with zero attached hydrogens (tertiary/aromatic N) is 2. The molecule has 0 aliphatic carbocycles. The fourth-order valence-corrected chi connectivity index (χ4v) is 3.21. The summed E-state index contributed by atoms with van der Waals surface area (Å²) in [4.78, 5) is 7.87. The monoisotopic (exact) mass is 306 g/mol. The molecule has 1 heterocycles.